The highest BCUT2D eigenvalue weighted by atomic mass is 16.5. The van der Waals surface area contributed by atoms with Gasteiger partial charge in [-0.15, -0.1) is 0 Å². The second-order valence-electron chi connectivity index (χ2n) is 4.68. The first kappa shape index (κ1) is 13.4. The Morgan fingerprint density at radius 2 is 2.00 bits per heavy atom. The van der Waals surface area contributed by atoms with Gasteiger partial charge in [0.25, 0.3) is 0 Å². The summed E-state index contributed by atoms with van der Waals surface area (Å²) in [5.74, 6) is 1.32. The van der Waals surface area contributed by atoms with Gasteiger partial charge >= 0.3 is 0 Å². The van der Waals surface area contributed by atoms with E-state index in [0.29, 0.717) is 5.88 Å². The summed E-state index contributed by atoms with van der Waals surface area (Å²) < 4.78 is 5.84. The van der Waals surface area contributed by atoms with Crippen molar-refractivity contribution < 1.29 is 4.74 Å². The number of pyridine rings is 1. The number of hydrogen-bond acceptors (Lipinski definition) is 4. The van der Waals surface area contributed by atoms with E-state index >= 15 is 0 Å². The van der Waals surface area contributed by atoms with Gasteiger partial charge in [-0.1, -0.05) is 12.1 Å². The molecule has 1 atom stereocenters. The Morgan fingerprint density at radius 3 is 2.68 bits per heavy atom. The maximum atomic E-state index is 5.92. The molecule has 0 saturated heterocycles. The summed E-state index contributed by atoms with van der Waals surface area (Å²) in [6, 6.07) is 11.6. The number of aromatic nitrogens is 1. The van der Waals surface area contributed by atoms with Crippen LogP contribution in [0.3, 0.4) is 0 Å². The fraction of sp³-hybridized carbons (Fsp3) is 0.267. The van der Waals surface area contributed by atoms with Gasteiger partial charge in [-0.25, -0.2) is 4.98 Å². The predicted octanol–water partition coefficient (Wildman–Crippen LogP) is 2.96. The molecule has 1 aromatic heterocycles. The van der Waals surface area contributed by atoms with Crippen LogP contribution in [0.1, 0.15) is 18.5 Å². The zero-order valence-electron chi connectivity index (χ0n) is 11.5. The maximum Gasteiger partial charge on any atom is 0.223 e. The molecule has 1 heterocycles. The van der Waals surface area contributed by atoms with Gasteiger partial charge in [-0.3, -0.25) is 0 Å². The summed E-state index contributed by atoms with van der Waals surface area (Å²) in [5, 5.41) is 0. The topological polar surface area (TPSA) is 51.4 Å². The average Bonchev–Trinajstić information content (AvgIpc) is 2.39. The minimum absolute atomic E-state index is 0.110. The van der Waals surface area contributed by atoms with Crippen LogP contribution >= 0.6 is 0 Å². The Hall–Kier alpha value is -2.07. The van der Waals surface area contributed by atoms with Crippen molar-refractivity contribution in [3.05, 3.63) is 48.2 Å². The lowest BCUT2D eigenvalue weighted by molar-refractivity contribution is 0.452. The van der Waals surface area contributed by atoms with E-state index in [1.807, 2.05) is 62.3 Å². The van der Waals surface area contributed by atoms with Gasteiger partial charge in [0.15, 0.2) is 0 Å². The van der Waals surface area contributed by atoms with Gasteiger partial charge in [0.1, 0.15) is 5.75 Å². The van der Waals surface area contributed by atoms with Gasteiger partial charge in [0.05, 0.1) is 0 Å². The molecule has 0 unspecified atom stereocenters. The molecular formula is C15H19N3O. The molecule has 0 aliphatic heterocycles. The van der Waals surface area contributed by atoms with Crippen LogP contribution in [0.5, 0.6) is 11.6 Å². The zero-order valence-corrected chi connectivity index (χ0v) is 11.5. The normalized spacial score (nSPS) is 12.0. The van der Waals surface area contributed by atoms with Crippen LogP contribution in [-0.4, -0.2) is 19.1 Å². The number of ether oxygens (including phenoxy) is 1. The third-order valence-corrected chi connectivity index (χ3v) is 2.84. The highest BCUT2D eigenvalue weighted by Crippen LogP contribution is 2.28. The van der Waals surface area contributed by atoms with Crippen molar-refractivity contribution in [3.63, 3.8) is 0 Å². The number of nitrogens with zero attached hydrogens (tertiary/aromatic N) is 2. The van der Waals surface area contributed by atoms with Gasteiger partial charge in [-0.05, 0) is 25.1 Å². The van der Waals surface area contributed by atoms with Crippen LogP contribution in [0, 0.1) is 0 Å². The first-order valence-corrected chi connectivity index (χ1v) is 6.23. The SMILES string of the molecule is C[C@H](N)c1cccnc1Oc1cccc(N(C)C)c1. The van der Waals surface area contributed by atoms with Gasteiger partial charge < -0.3 is 15.4 Å². The molecule has 100 valence electrons. The zero-order chi connectivity index (χ0) is 13.8. The Morgan fingerprint density at radius 1 is 1.21 bits per heavy atom. The van der Waals surface area contributed by atoms with Crippen molar-refractivity contribution >= 4 is 5.69 Å². The van der Waals surface area contributed by atoms with E-state index in [4.69, 9.17) is 10.5 Å². The summed E-state index contributed by atoms with van der Waals surface area (Å²) in [7, 11) is 3.99. The first-order valence-electron chi connectivity index (χ1n) is 6.23. The highest BCUT2D eigenvalue weighted by molar-refractivity contribution is 5.50. The minimum atomic E-state index is -0.110. The summed E-state index contributed by atoms with van der Waals surface area (Å²) in [6.45, 7) is 1.92. The molecule has 19 heavy (non-hydrogen) atoms. The first-order chi connectivity index (χ1) is 9.08. The van der Waals surface area contributed by atoms with Crippen molar-refractivity contribution in [2.24, 2.45) is 5.73 Å². The molecule has 0 bridgehead atoms. The molecule has 0 aliphatic rings. The number of hydrogen-bond donors (Lipinski definition) is 1. The molecule has 0 saturated carbocycles. The molecule has 4 heteroatoms. The molecule has 2 rings (SSSR count). The smallest absolute Gasteiger partial charge is 0.223 e. The Labute approximate surface area is 113 Å². The van der Waals surface area contributed by atoms with E-state index in [1.165, 1.54) is 0 Å². The van der Waals surface area contributed by atoms with E-state index in [1.54, 1.807) is 6.20 Å². The molecular weight excluding hydrogens is 238 g/mol. The van der Waals surface area contributed by atoms with E-state index in [0.717, 1.165) is 17.0 Å². The van der Waals surface area contributed by atoms with Crippen molar-refractivity contribution in [3.8, 4) is 11.6 Å². The average molecular weight is 257 g/mol. The predicted molar refractivity (Wildman–Crippen MR) is 77.7 cm³/mol. The highest BCUT2D eigenvalue weighted by Gasteiger charge is 2.10. The quantitative estimate of drug-likeness (QED) is 0.915. The second-order valence-corrected chi connectivity index (χ2v) is 4.68. The molecule has 0 spiro atoms. The molecule has 4 nitrogen and oxygen atoms in total. The number of benzene rings is 1. The molecule has 2 aromatic rings. The molecule has 1 aromatic carbocycles. The fourth-order valence-electron chi connectivity index (χ4n) is 1.77. The lowest BCUT2D eigenvalue weighted by Gasteiger charge is -2.15. The maximum absolute atomic E-state index is 5.92. The molecule has 0 fully saturated rings. The van der Waals surface area contributed by atoms with E-state index in [-0.39, 0.29) is 6.04 Å². The van der Waals surface area contributed by atoms with Gasteiger partial charge in [-0.2, -0.15) is 0 Å². The third kappa shape index (κ3) is 3.23. The Bertz CT molecular complexity index is 553. The standard InChI is InChI=1S/C15H19N3O/c1-11(16)14-8-5-9-17-15(14)19-13-7-4-6-12(10-13)18(2)3/h4-11H,16H2,1-3H3/t11-/m0/s1. The van der Waals surface area contributed by atoms with Crippen molar-refractivity contribution in [1.82, 2.24) is 4.98 Å². The summed E-state index contributed by atoms with van der Waals surface area (Å²) >= 11 is 0. The number of nitrogens with two attached hydrogens (primary N) is 1. The van der Waals surface area contributed by atoms with Crippen LogP contribution in [0.2, 0.25) is 0 Å². The summed E-state index contributed by atoms with van der Waals surface area (Å²) in [6.07, 6.45) is 1.71. The van der Waals surface area contributed by atoms with E-state index in [9.17, 15) is 0 Å². The van der Waals surface area contributed by atoms with E-state index in [2.05, 4.69) is 4.98 Å². The van der Waals surface area contributed by atoms with Crippen LogP contribution in [0.4, 0.5) is 5.69 Å². The molecule has 0 amide bonds. The van der Waals surface area contributed by atoms with Crippen LogP contribution in [-0.2, 0) is 0 Å². The third-order valence-electron chi connectivity index (χ3n) is 2.84. The van der Waals surface area contributed by atoms with Gasteiger partial charge in [0, 0.05) is 43.7 Å². The van der Waals surface area contributed by atoms with Crippen LogP contribution in [0.25, 0.3) is 0 Å². The Balaban J connectivity index is 2.29. The van der Waals surface area contributed by atoms with Crippen LogP contribution in [0.15, 0.2) is 42.6 Å². The summed E-state index contributed by atoms with van der Waals surface area (Å²) in [5.41, 5.74) is 7.90. The molecule has 0 aliphatic carbocycles. The summed E-state index contributed by atoms with van der Waals surface area (Å²) in [4.78, 5) is 6.28. The number of rotatable bonds is 4. The monoisotopic (exact) mass is 257 g/mol. The van der Waals surface area contributed by atoms with E-state index < -0.39 is 0 Å². The van der Waals surface area contributed by atoms with Gasteiger partial charge in [0.2, 0.25) is 5.88 Å². The molecule has 0 radical (unpaired) electrons. The second kappa shape index (κ2) is 5.71. The minimum Gasteiger partial charge on any atom is -0.439 e. The number of anilines is 1. The van der Waals surface area contributed by atoms with Crippen molar-refractivity contribution in [2.75, 3.05) is 19.0 Å². The fourth-order valence-corrected chi connectivity index (χ4v) is 1.77. The van der Waals surface area contributed by atoms with Crippen molar-refractivity contribution in [1.29, 1.82) is 0 Å². The lowest BCUT2D eigenvalue weighted by Crippen LogP contribution is -2.09. The lowest BCUT2D eigenvalue weighted by atomic mass is 10.1. The largest absolute Gasteiger partial charge is 0.439 e. The Kier molecular flexibility index (Phi) is 4.02. The van der Waals surface area contributed by atoms with Crippen LogP contribution < -0.4 is 15.4 Å². The van der Waals surface area contributed by atoms with Crippen molar-refractivity contribution in [2.45, 2.75) is 13.0 Å². The molecule has 2 N–H and O–H groups in total.